The molecule has 4 rings (SSSR count). The van der Waals surface area contributed by atoms with Crippen molar-refractivity contribution in [2.45, 2.75) is 0 Å². The molecule has 0 aliphatic carbocycles. The highest BCUT2D eigenvalue weighted by Gasteiger charge is 2.15. The zero-order valence-electron chi connectivity index (χ0n) is 15.1. The SMILES string of the molecule is COc1nc(C(=O)Nc2cnccc2Oc2ccccc2)cc2ccccc12. The summed E-state index contributed by atoms with van der Waals surface area (Å²) in [6, 6.07) is 20.3. The van der Waals surface area contributed by atoms with Gasteiger partial charge in [-0.15, -0.1) is 0 Å². The fourth-order valence-corrected chi connectivity index (χ4v) is 2.81. The number of carbonyl (C=O) groups is 1. The molecule has 0 aliphatic rings. The maximum atomic E-state index is 12.8. The molecule has 0 unspecified atom stereocenters. The number of nitrogens with zero attached hydrogens (tertiary/aromatic N) is 2. The monoisotopic (exact) mass is 371 g/mol. The van der Waals surface area contributed by atoms with Crippen LogP contribution in [0.4, 0.5) is 5.69 Å². The van der Waals surface area contributed by atoms with E-state index in [1.165, 1.54) is 13.3 Å². The number of carbonyl (C=O) groups excluding carboxylic acids is 1. The van der Waals surface area contributed by atoms with Crippen LogP contribution >= 0.6 is 0 Å². The number of anilines is 1. The van der Waals surface area contributed by atoms with Gasteiger partial charge in [0.25, 0.3) is 5.91 Å². The summed E-state index contributed by atoms with van der Waals surface area (Å²) in [7, 11) is 1.53. The highest BCUT2D eigenvalue weighted by Crippen LogP contribution is 2.29. The predicted molar refractivity (Wildman–Crippen MR) is 107 cm³/mol. The van der Waals surface area contributed by atoms with Crippen molar-refractivity contribution in [2.75, 3.05) is 12.4 Å². The second-order valence-electron chi connectivity index (χ2n) is 5.98. The Morgan fingerprint density at radius 2 is 1.79 bits per heavy atom. The zero-order chi connectivity index (χ0) is 19.3. The molecule has 2 heterocycles. The van der Waals surface area contributed by atoms with Gasteiger partial charge in [0.05, 0.1) is 13.3 Å². The Hall–Kier alpha value is -3.93. The van der Waals surface area contributed by atoms with E-state index in [0.29, 0.717) is 23.1 Å². The van der Waals surface area contributed by atoms with Gasteiger partial charge in [0.15, 0.2) is 5.75 Å². The van der Waals surface area contributed by atoms with Gasteiger partial charge in [-0.05, 0) is 29.7 Å². The van der Waals surface area contributed by atoms with Crippen molar-refractivity contribution in [3.05, 3.63) is 84.8 Å². The Balaban J connectivity index is 1.63. The van der Waals surface area contributed by atoms with Crippen LogP contribution in [0.1, 0.15) is 10.5 Å². The van der Waals surface area contributed by atoms with E-state index in [-0.39, 0.29) is 11.6 Å². The molecular formula is C22H17N3O3. The number of pyridine rings is 2. The molecule has 0 bridgehead atoms. The Kier molecular flexibility index (Phi) is 4.84. The first-order valence-corrected chi connectivity index (χ1v) is 8.66. The number of aromatic nitrogens is 2. The van der Waals surface area contributed by atoms with Gasteiger partial charge in [-0.1, -0.05) is 36.4 Å². The molecule has 28 heavy (non-hydrogen) atoms. The number of amides is 1. The van der Waals surface area contributed by atoms with Gasteiger partial charge in [-0.2, -0.15) is 0 Å². The molecule has 0 saturated carbocycles. The number of methoxy groups -OCH3 is 1. The zero-order valence-corrected chi connectivity index (χ0v) is 15.1. The van der Waals surface area contributed by atoms with Crippen LogP contribution < -0.4 is 14.8 Å². The number of rotatable bonds is 5. The lowest BCUT2D eigenvalue weighted by Crippen LogP contribution is -2.15. The molecule has 0 aliphatic heterocycles. The second kappa shape index (κ2) is 7.75. The molecule has 0 radical (unpaired) electrons. The maximum Gasteiger partial charge on any atom is 0.274 e. The van der Waals surface area contributed by atoms with E-state index in [2.05, 4.69) is 15.3 Å². The van der Waals surface area contributed by atoms with E-state index >= 15 is 0 Å². The normalized spacial score (nSPS) is 10.5. The summed E-state index contributed by atoms with van der Waals surface area (Å²) in [6.45, 7) is 0. The van der Waals surface area contributed by atoms with E-state index in [1.54, 1.807) is 18.3 Å². The Labute approximate surface area is 161 Å². The highest BCUT2D eigenvalue weighted by atomic mass is 16.5. The number of nitrogens with one attached hydrogen (secondary N) is 1. The summed E-state index contributed by atoms with van der Waals surface area (Å²) in [5.41, 5.74) is 0.690. The third-order valence-electron chi connectivity index (χ3n) is 4.13. The number of hydrogen-bond donors (Lipinski definition) is 1. The van der Waals surface area contributed by atoms with Crippen molar-refractivity contribution in [2.24, 2.45) is 0 Å². The van der Waals surface area contributed by atoms with Gasteiger partial charge >= 0.3 is 0 Å². The summed E-state index contributed by atoms with van der Waals surface area (Å²) in [5.74, 6) is 1.17. The van der Waals surface area contributed by atoms with E-state index in [1.807, 2.05) is 54.6 Å². The lowest BCUT2D eigenvalue weighted by atomic mass is 10.1. The van der Waals surface area contributed by atoms with Gasteiger partial charge in [-0.3, -0.25) is 9.78 Å². The number of hydrogen-bond acceptors (Lipinski definition) is 5. The number of ether oxygens (including phenoxy) is 2. The molecule has 6 nitrogen and oxygen atoms in total. The fraction of sp³-hybridized carbons (Fsp3) is 0.0455. The van der Waals surface area contributed by atoms with Crippen molar-refractivity contribution < 1.29 is 14.3 Å². The van der Waals surface area contributed by atoms with E-state index in [9.17, 15) is 4.79 Å². The molecule has 138 valence electrons. The average molecular weight is 371 g/mol. The van der Waals surface area contributed by atoms with Crippen molar-refractivity contribution in [3.8, 4) is 17.4 Å². The van der Waals surface area contributed by atoms with E-state index in [4.69, 9.17) is 9.47 Å². The van der Waals surface area contributed by atoms with Gasteiger partial charge in [0.1, 0.15) is 17.1 Å². The fourth-order valence-electron chi connectivity index (χ4n) is 2.81. The topological polar surface area (TPSA) is 73.3 Å². The largest absolute Gasteiger partial charge is 0.481 e. The summed E-state index contributed by atoms with van der Waals surface area (Å²) in [6.07, 6.45) is 3.14. The van der Waals surface area contributed by atoms with Crippen molar-refractivity contribution in [3.63, 3.8) is 0 Å². The molecule has 0 spiro atoms. The Bertz CT molecular complexity index is 1130. The molecule has 0 saturated heterocycles. The predicted octanol–water partition coefficient (Wildman–Crippen LogP) is 4.68. The minimum atomic E-state index is -0.380. The van der Waals surface area contributed by atoms with Crippen LogP contribution in [0.15, 0.2) is 79.1 Å². The van der Waals surface area contributed by atoms with Gasteiger partial charge in [0, 0.05) is 17.6 Å². The molecule has 0 fully saturated rings. The standard InChI is InChI=1S/C22H17N3O3/c1-27-22-17-10-6-5-7-15(17)13-18(25-22)21(26)24-19-14-23-12-11-20(19)28-16-8-3-2-4-9-16/h2-14H,1H3,(H,24,26). The summed E-state index contributed by atoms with van der Waals surface area (Å²) >= 11 is 0. The van der Waals surface area contributed by atoms with Crippen molar-refractivity contribution in [1.29, 1.82) is 0 Å². The molecule has 2 aromatic heterocycles. The average Bonchev–Trinajstić information content (AvgIpc) is 2.75. The maximum absolute atomic E-state index is 12.8. The lowest BCUT2D eigenvalue weighted by Gasteiger charge is -2.12. The first-order valence-electron chi connectivity index (χ1n) is 8.66. The van der Waals surface area contributed by atoms with E-state index < -0.39 is 0 Å². The number of benzene rings is 2. The molecule has 2 aromatic carbocycles. The third kappa shape index (κ3) is 3.61. The minimum absolute atomic E-state index is 0.241. The van der Waals surface area contributed by atoms with Crippen molar-refractivity contribution >= 4 is 22.4 Å². The smallest absolute Gasteiger partial charge is 0.274 e. The molecule has 0 atom stereocenters. The highest BCUT2D eigenvalue weighted by molar-refractivity contribution is 6.06. The minimum Gasteiger partial charge on any atom is -0.481 e. The second-order valence-corrected chi connectivity index (χ2v) is 5.98. The molecule has 6 heteroatoms. The first-order chi connectivity index (χ1) is 13.7. The molecule has 1 N–H and O–H groups in total. The number of fused-ring (bicyclic) bond motifs is 1. The quantitative estimate of drug-likeness (QED) is 0.551. The van der Waals surface area contributed by atoms with Crippen LogP contribution in [0, 0.1) is 0 Å². The van der Waals surface area contributed by atoms with E-state index in [0.717, 1.165) is 10.8 Å². The Morgan fingerprint density at radius 1 is 1.00 bits per heavy atom. The molecule has 4 aromatic rings. The van der Waals surface area contributed by atoms with Crippen LogP contribution in [0.3, 0.4) is 0 Å². The summed E-state index contributed by atoms with van der Waals surface area (Å²) in [4.78, 5) is 21.2. The van der Waals surface area contributed by atoms with Crippen LogP contribution in [0.2, 0.25) is 0 Å². The first kappa shape index (κ1) is 17.5. The van der Waals surface area contributed by atoms with Gasteiger partial charge in [-0.25, -0.2) is 4.98 Å². The van der Waals surface area contributed by atoms with Crippen molar-refractivity contribution in [1.82, 2.24) is 9.97 Å². The van der Waals surface area contributed by atoms with Crippen LogP contribution in [0.5, 0.6) is 17.4 Å². The van der Waals surface area contributed by atoms with Gasteiger partial charge in [0.2, 0.25) is 5.88 Å². The lowest BCUT2D eigenvalue weighted by molar-refractivity contribution is 0.102. The number of para-hydroxylation sites is 1. The molecule has 1 amide bonds. The third-order valence-corrected chi connectivity index (χ3v) is 4.13. The van der Waals surface area contributed by atoms with Crippen LogP contribution in [-0.4, -0.2) is 23.0 Å². The van der Waals surface area contributed by atoms with Gasteiger partial charge < -0.3 is 14.8 Å². The Morgan fingerprint density at radius 3 is 2.61 bits per heavy atom. The summed E-state index contributed by atoms with van der Waals surface area (Å²) < 4.78 is 11.2. The molecular weight excluding hydrogens is 354 g/mol. The van der Waals surface area contributed by atoms with Crippen LogP contribution in [-0.2, 0) is 0 Å². The van der Waals surface area contributed by atoms with Crippen LogP contribution in [0.25, 0.3) is 10.8 Å². The summed E-state index contributed by atoms with van der Waals surface area (Å²) in [5, 5.41) is 4.53.